The summed E-state index contributed by atoms with van der Waals surface area (Å²) in [4.78, 5) is 12.4. The van der Waals surface area contributed by atoms with E-state index < -0.39 is 0 Å². The Bertz CT molecular complexity index is 1130. The molecule has 2 aliphatic rings. The Morgan fingerprint density at radius 1 is 1.26 bits per heavy atom. The summed E-state index contributed by atoms with van der Waals surface area (Å²) in [6.07, 6.45) is 1.68. The molecule has 0 fully saturated rings. The molecule has 0 bridgehead atoms. The van der Waals surface area contributed by atoms with Gasteiger partial charge in [0.2, 0.25) is 11.8 Å². The highest BCUT2D eigenvalue weighted by atomic mass is 35.5. The highest BCUT2D eigenvalue weighted by Crippen LogP contribution is 2.53. The van der Waals surface area contributed by atoms with Crippen LogP contribution in [0, 0.1) is 0 Å². The second-order valence-electron chi connectivity index (χ2n) is 6.64. The van der Waals surface area contributed by atoms with Crippen LogP contribution in [0.25, 0.3) is 10.9 Å². The average Bonchev–Trinajstić information content (AvgIpc) is 3.00. The first-order chi connectivity index (χ1) is 13.1. The van der Waals surface area contributed by atoms with Gasteiger partial charge in [0.1, 0.15) is 18.1 Å². The van der Waals surface area contributed by atoms with Crippen LogP contribution in [-0.4, -0.2) is 24.2 Å². The molecule has 1 aromatic heterocycles. The average molecular weight is 382 g/mol. The third-order valence-electron chi connectivity index (χ3n) is 5.15. The van der Waals surface area contributed by atoms with Crippen molar-refractivity contribution < 1.29 is 19.0 Å². The number of nitrogens with zero attached hydrogens (tertiary/aromatic N) is 1. The minimum Gasteiger partial charge on any atom is -0.496 e. The van der Waals surface area contributed by atoms with Crippen LogP contribution in [0.15, 0.2) is 48.2 Å². The first-order valence-electron chi connectivity index (χ1n) is 8.60. The van der Waals surface area contributed by atoms with Gasteiger partial charge in [-0.25, -0.2) is 4.57 Å². The number of aromatic nitrogens is 1. The summed E-state index contributed by atoms with van der Waals surface area (Å²) in [6, 6.07) is 11.3. The molecule has 6 heteroatoms. The van der Waals surface area contributed by atoms with Crippen molar-refractivity contribution in [2.24, 2.45) is 0 Å². The maximum Gasteiger partial charge on any atom is 0.230 e. The SMILES string of the molecule is COc1cccc2c1C1C(=COc3c1c1ccc(Cl)cc1n3C(C)=O)CO2. The second kappa shape index (κ2) is 5.79. The number of hydrogen-bond acceptors (Lipinski definition) is 4. The van der Waals surface area contributed by atoms with Crippen LogP contribution in [0.1, 0.15) is 28.8 Å². The van der Waals surface area contributed by atoms with Crippen molar-refractivity contribution >= 4 is 28.4 Å². The first-order valence-corrected chi connectivity index (χ1v) is 8.98. The zero-order chi connectivity index (χ0) is 18.7. The molecule has 3 heterocycles. The largest absolute Gasteiger partial charge is 0.496 e. The van der Waals surface area contributed by atoms with Crippen LogP contribution in [0.3, 0.4) is 0 Å². The number of rotatable bonds is 1. The molecule has 5 nitrogen and oxygen atoms in total. The number of halogens is 1. The van der Waals surface area contributed by atoms with E-state index in [0.29, 0.717) is 17.5 Å². The van der Waals surface area contributed by atoms with Gasteiger partial charge >= 0.3 is 0 Å². The number of ether oxygens (including phenoxy) is 3. The molecule has 1 unspecified atom stereocenters. The summed E-state index contributed by atoms with van der Waals surface area (Å²) in [7, 11) is 1.65. The predicted molar refractivity (Wildman–Crippen MR) is 102 cm³/mol. The second-order valence-corrected chi connectivity index (χ2v) is 7.08. The molecule has 5 rings (SSSR count). The quantitative estimate of drug-likeness (QED) is 0.609. The molecule has 0 N–H and O–H groups in total. The van der Waals surface area contributed by atoms with Crippen LogP contribution in [-0.2, 0) is 0 Å². The molecule has 1 atom stereocenters. The lowest BCUT2D eigenvalue weighted by Gasteiger charge is -2.32. The topological polar surface area (TPSA) is 49.7 Å². The van der Waals surface area contributed by atoms with Gasteiger partial charge in [-0.05, 0) is 24.3 Å². The molecule has 0 spiro atoms. The van der Waals surface area contributed by atoms with Crippen molar-refractivity contribution in [1.82, 2.24) is 4.57 Å². The van der Waals surface area contributed by atoms with Gasteiger partial charge in [-0.1, -0.05) is 23.7 Å². The van der Waals surface area contributed by atoms with Gasteiger partial charge < -0.3 is 14.2 Å². The van der Waals surface area contributed by atoms with E-state index in [1.165, 1.54) is 6.92 Å². The third-order valence-corrected chi connectivity index (χ3v) is 5.38. The van der Waals surface area contributed by atoms with Crippen molar-refractivity contribution in [1.29, 1.82) is 0 Å². The Balaban J connectivity index is 1.88. The van der Waals surface area contributed by atoms with E-state index in [1.54, 1.807) is 24.0 Å². The van der Waals surface area contributed by atoms with Gasteiger partial charge in [0.15, 0.2) is 0 Å². The van der Waals surface area contributed by atoms with E-state index in [0.717, 1.165) is 39.1 Å². The predicted octanol–water partition coefficient (Wildman–Crippen LogP) is 4.76. The lowest BCUT2D eigenvalue weighted by atomic mass is 9.81. The molecule has 27 heavy (non-hydrogen) atoms. The van der Waals surface area contributed by atoms with Gasteiger partial charge in [0.05, 0.1) is 18.9 Å². The van der Waals surface area contributed by atoms with Crippen LogP contribution >= 0.6 is 11.6 Å². The Kier molecular flexibility index (Phi) is 3.49. The molecule has 0 saturated heterocycles. The van der Waals surface area contributed by atoms with Gasteiger partial charge in [-0.2, -0.15) is 0 Å². The number of carbonyl (C=O) groups is 1. The fourth-order valence-corrected chi connectivity index (χ4v) is 4.24. The standard InChI is InChI=1S/C21H16ClNO4/c1-11(24)23-15-8-13(22)6-7-14(15)19-18-12(10-27-21(19)23)9-26-17-5-3-4-16(25-2)20(17)18/h3-8,10,18H,9H2,1-2H3. The number of fused-ring (bicyclic) bond motifs is 7. The molecule has 0 amide bonds. The van der Waals surface area contributed by atoms with E-state index >= 15 is 0 Å². The van der Waals surface area contributed by atoms with Crippen LogP contribution < -0.4 is 14.2 Å². The van der Waals surface area contributed by atoms with Gasteiger partial charge in [0, 0.05) is 40.0 Å². The molecule has 3 aromatic rings. The van der Waals surface area contributed by atoms with E-state index in [-0.39, 0.29) is 11.8 Å². The minimum absolute atomic E-state index is 0.113. The Morgan fingerprint density at radius 3 is 2.89 bits per heavy atom. The smallest absolute Gasteiger partial charge is 0.230 e. The zero-order valence-electron chi connectivity index (χ0n) is 14.8. The van der Waals surface area contributed by atoms with Crippen molar-refractivity contribution in [3.05, 3.63) is 64.4 Å². The van der Waals surface area contributed by atoms with E-state index in [1.807, 2.05) is 30.3 Å². The maximum absolute atomic E-state index is 12.4. The number of methoxy groups -OCH3 is 1. The van der Waals surface area contributed by atoms with Crippen molar-refractivity contribution in [2.75, 3.05) is 13.7 Å². The van der Waals surface area contributed by atoms with Gasteiger partial charge in [-0.15, -0.1) is 0 Å². The fourth-order valence-electron chi connectivity index (χ4n) is 4.08. The van der Waals surface area contributed by atoms with Gasteiger partial charge in [0.25, 0.3) is 0 Å². The Morgan fingerprint density at radius 2 is 2.11 bits per heavy atom. The van der Waals surface area contributed by atoms with Gasteiger partial charge in [-0.3, -0.25) is 4.79 Å². The van der Waals surface area contributed by atoms with Crippen LogP contribution in [0.5, 0.6) is 17.4 Å². The molecule has 0 saturated carbocycles. The van der Waals surface area contributed by atoms with Crippen LogP contribution in [0.2, 0.25) is 5.02 Å². The third kappa shape index (κ3) is 2.21. The summed E-state index contributed by atoms with van der Waals surface area (Å²) < 4.78 is 19.0. The van der Waals surface area contributed by atoms with E-state index in [9.17, 15) is 4.79 Å². The Hall–Kier alpha value is -2.92. The fraction of sp³-hybridized carbons (Fsp3) is 0.190. The highest BCUT2D eigenvalue weighted by molar-refractivity contribution is 6.31. The molecule has 2 aromatic carbocycles. The monoisotopic (exact) mass is 381 g/mol. The van der Waals surface area contributed by atoms with Crippen LogP contribution in [0.4, 0.5) is 0 Å². The molecule has 0 radical (unpaired) electrons. The number of hydrogen-bond donors (Lipinski definition) is 0. The summed E-state index contributed by atoms with van der Waals surface area (Å²) in [5.74, 6) is 1.80. The van der Waals surface area contributed by atoms with Crippen molar-refractivity contribution in [3.8, 4) is 17.4 Å². The molecule has 0 aliphatic carbocycles. The number of benzene rings is 2. The molecule has 136 valence electrons. The number of carbonyl (C=O) groups excluding carboxylic acids is 1. The first kappa shape index (κ1) is 16.3. The van der Waals surface area contributed by atoms with E-state index in [4.69, 9.17) is 25.8 Å². The van der Waals surface area contributed by atoms with Crippen molar-refractivity contribution in [3.63, 3.8) is 0 Å². The maximum atomic E-state index is 12.4. The van der Waals surface area contributed by atoms with E-state index in [2.05, 4.69) is 0 Å². The highest BCUT2D eigenvalue weighted by Gasteiger charge is 2.39. The lowest BCUT2D eigenvalue weighted by molar-refractivity contribution is 0.0933. The minimum atomic E-state index is -0.132. The summed E-state index contributed by atoms with van der Waals surface area (Å²) in [5, 5.41) is 1.50. The normalized spacial score (nSPS) is 17.1. The zero-order valence-corrected chi connectivity index (χ0v) is 15.5. The Labute approximate surface area is 160 Å². The van der Waals surface area contributed by atoms with Crippen molar-refractivity contribution in [2.45, 2.75) is 12.8 Å². The molecular weight excluding hydrogens is 366 g/mol. The summed E-state index contributed by atoms with van der Waals surface area (Å²) in [6.45, 7) is 1.94. The molecular formula is C21H16ClNO4. The lowest BCUT2D eigenvalue weighted by Crippen LogP contribution is -2.23. The summed E-state index contributed by atoms with van der Waals surface area (Å²) >= 11 is 6.21. The molecule has 2 aliphatic heterocycles. The summed E-state index contributed by atoms with van der Waals surface area (Å²) in [5.41, 5.74) is 3.60.